The molecule has 0 aromatic heterocycles. The zero-order valence-corrected chi connectivity index (χ0v) is 16.1. The molecule has 0 radical (unpaired) electrons. The van der Waals surface area contributed by atoms with Crippen LogP contribution in [-0.4, -0.2) is 17.4 Å². The first-order chi connectivity index (χ1) is 11.7. The van der Waals surface area contributed by atoms with E-state index in [4.69, 9.17) is 0 Å². The maximum atomic E-state index is 12.6. The number of carbonyl (C=O) groups is 2. The Balaban J connectivity index is 2.30. The minimum Gasteiger partial charge on any atom is -0.346 e. The predicted molar refractivity (Wildman–Crippen MR) is 104 cm³/mol. The van der Waals surface area contributed by atoms with Gasteiger partial charge in [0.1, 0.15) is 5.70 Å². The molecule has 4 nitrogen and oxygen atoms in total. The molecule has 0 aliphatic rings. The number of hydrogen-bond donors (Lipinski definition) is 2. The largest absolute Gasteiger partial charge is 0.346 e. The number of benzene rings is 2. The van der Waals surface area contributed by atoms with E-state index in [1.54, 1.807) is 30.3 Å². The van der Waals surface area contributed by atoms with E-state index in [-0.39, 0.29) is 17.5 Å². The van der Waals surface area contributed by atoms with Crippen LogP contribution in [0.25, 0.3) is 6.08 Å². The van der Waals surface area contributed by atoms with Gasteiger partial charge in [-0.1, -0.05) is 46.3 Å². The Morgan fingerprint density at radius 3 is 2.12 bits per heavy atom. The predicted octanol–water partition coefficient (Wildman–Crippen LogP) is 4.13. The third-order valence-electron chi connectivity index (χ3n) is 3.20. The molecule has 2 rings (SSSR count). The molecule has 2 N–H and O–H groups in total. The first kappa shape index (κ1) is 18.9. The zero-order chi connectivity index (χ0) is 18.4. The van der Waals surface area contributed by atoms with E-state index in [1.165, 1.54) is 0 Å². The van der Waals surface area contributed by atoms with Crippen LogP contribution in [0.4, 0.5) is 0 Å². The molecule has 0 bridgehead atoms. The Hall–Kier alpha value is -2.40. The average molecular weight is 401 g/mol. The Labute approximate surface area is 156 Å². The lowest BCUT2D eigenvalue weighted by Crippen LogP contribution is -2.44. The number of halogens is 1. The van der Waals surface area contributed by atoms with E-state index in [1.807, 2.05) is 51.1 Å². The van der Waals surface area contributed by atoms with Crippen molar-refractivity contribution < 1.29 is 9.59 Å². The van der Waals surface area contributed by atoms with Crippen molar-refractivity contribution in [3.05, 3.63) is 75.9 Å². The summed E-state index contributed by atoms with van der Waals surface area (Å²) in [6, 6.07) is 16.3. The minimum absolute atomic E-state index is 0.200. The fourth-order valence-electron chi connectivity index (χ4n) is 2.08. The van der Waals surface area contributed by atoms with Crippen molar-refractivity contribution in [1.82, 2.24) is 10.6 Å². The van der Waals surface area contributed by atoms with E-state index in [9.17, 15) is 9.59 Å². The van der Waals surface area contributed by atoms with Crippen molar-refractivity contribution in [1.29, 1.82) is 0 Å². The molecule has 130 valence electrons. The number of hydrogen-bond acceptors (Lipinski definition) is 2. The fraction of sp³-hybridized carbons (Fsp3) is 0.200. The van der Waals surface area contributed by atoms with Gasteiger partial charge in [-0.2, -0.15) is 0 Å². The molecule has 0 heterocycles. The van der Waals surface area contributed by atoms with Crippen LogP contribution >= 0.6 is 15.9 Å². The molecule has 2 aromatic carbocycles. The summed E-state index contributed by atoms with van der Waals surface area (Å²) in [6.07, 6.45) is 1.66. The molecule has 0 aliphatic heterocycles. The molecular weight excluding hydrogens is 380 g/mol. The summed E-state index contributed by atoms with van der Waals surface area (Å²) in [5.41, 5.74) is 1.10. The van der Waals surface area contributed by atoms with E-state index < -0.39 is 5.54 Å². The van der Waals surface area contributed by atoms with E-state index in [0.29, 0.717) is 5.56 Å². The highest BCUT2D eigenvalue weighted by Gasteiger charge is 2.19. The maximum absolute atomic E-state index is 12.6. The number of carbonyl (C=O) groups excluding carboxylic acids is 2. The summed E-state index contributed by atoms with van der Waals surface area (Å²) in [5, 5.41) is 5.59. The van der Waals surface area contributed by atoms with Crippen LogP contribution in [0.3, 0.4) is 0 Å². The Morgan fingerprint density at radius 2 is 1.56 bits per heavy atom. The molecule has 5 heteroatoms. The molecular formula is C20H21BrN2O2. The van der Waals surface area contributed by atoms with Gasteiger partial charge >= 0.3 is 0 Å². The summed E-state index contributed by atoms with van der Waals surface area (Å²) in [5.74, 6) is -0.660. The summed E-state index contributed by atoms with van der Waals surface area (Å²) in [6.45, 7) is 5.67. The molecule has 2 aromatic rings. The van der Waals surface area contributed by atoms with Crippen LogP contribution in [0.15, 0.2) is 64.8 Å². The van der Waals surface area contributed by atoms with Crippen LogP contribution in [0.2, 0.25) is 0 Å². The lowest BCUT2D eigenvalue weighted by Gasteiger charge is -2.22. The quantitative estimate of drug-likeness (QED) is 0.757. The van der Waals surface area contributed by atoms with Crippen molar-refractivity contribution in [2.24, 2.45) is 0 Å². The first-order valence-electron chi connectivity index (χ1n) is 7.91. The Kier molecular flexibility index (Phi) is 6.15. The third kappa shape index (κ3) is 6.19. The standard InChI is InChI=1S/C20H21BrN2O2/c1-20(2,3)23-19(25)17(13-14-9-11-16(21)12-10-14)22-18(24)15-7-5-4-6-8-15/h4-13H,1-3H3,(H,22,24)(H,23,25). The third-order valence-corrected chi connectivity index (χ3v) is 3.73. The van der Waals surface area contributed by atoms with Gasteiger partial charge in [-0.3, -0.25) is 9.59 Å². The van der Waals surface area contributed by atoms with Gasteiger partial charge in [-0.15, -0.1) is 0 Å². The molecule has 0 fully saturated rings. The minimum atomic E-state index is -0.409. The van der Waals surface area contributed by atoms with Gasteiger partial charge < -0.3 is 10.6 Å². The van der Waals surface area contributed by atoms with Gasteiger partial charge in [-0.05, 0) is 56.7 Å². The summed E-state index contributed by atoms with van der Waals surface area (Å²) >= 11 is 3.38. The highest BCUT2D eigenvalue weighted by Crippen LogP contribution is 2.14. The van der Waals surface area contributed by atoms with E-state index in [0.717, 1.165) is 10.0 Å². The molecule has 0 unspecified atom stereocenters. The molecule has 0 aliphatic carbocycles. The smallest absolute Gasteiger partial charge is 0.268 e. The number of amides is 2. The van der Waals surface area contributed by atoms with E-state index >= 15 is 0 Å². The van der Waals surface area contributed by atoms with Crippen molar-refractivity contribution in [2.75, 3.05) is 0 Å². The summed E-state index contributed by atoms with van der Waals surface area (Å²) in [7, 11) is 0. The molecule has 25 heavy (non-hydrogen) atoms. The maximum Gasteiger partial charge on any atom is 0.268 e. The summed E-state index contributed by atoms with van der Waals surface area (Å²) < 4.78 is 0.943. The van der Waals surface area contributed by atoms with Crippen molar-refractivity contribution >= 4 is 33.8 Å². The molecule has 0 atom stereocenters. The lowest BCUT2D eigenvalue weighted by atomic mass is 10.1. The highest BCUT2D eigenvalue weighted by atomic mass is 79.9. The van der Waals surface area contributed by atoms with Gasteiger partial charge in [0.05, 0.1) is 0 Å². The van der Waals surface area contributed by atoms with Crippen LogP contribution in [0.5, 0.6) is 0 Å². The molecule has 0 saturated carbocycles. The van der Waals surface area contributed by atoms with Gasteiger partial charge in [-0.25, -0.2) is 0 Å². The van der Waals surface area contributed by atoms with E-state index in [2.05, 4.69) is 26.6 Å². The van der Waals surface area contributed by atoms with Gasteiger partial charge in [0.2, 0.25) is 0 Å². The average Bonchev–Trinajstić information content (AvgIpc) is 2.55. The van der Waals surface area contributed by atoms with Gasteiger partial charge in [0.25, 0.3) is 11.8 Å². The molecule has 0 spiro atoms. The fourth-order valence-corrected chi connectivity index (χ4v) is 2.34. The Morgan fingerprint density at radius 1 is 0.960 bits per heavy atom. The molecule has 0 saturated heterocycles. The Bertz CT molecular complexity index is 776. The van der Waals surface area contributed by atoms with Crippen LogP contribution < -0.4 is 10.6 Å². The lowest BCUT2D eigenvalue weighted by molar-refractivity contribution is -0.119. The topological polar surface area (TPSA) is 58.2 Å². The van der Waals surface area contributed by atoms with Crippen LogP contribution in [0, 0.1) is 0 Å². The van der Waals surface area contributed by atoms with Gasteiger partial charge in [0.15, 0.2) is 0 Å². The molecule has 2 amide bonds. The number of nitrogens with one attached hydrogen (secondary N) is 2. The zero-order valence-electron chi connectivity index (χ0n) is 14.5. The second kappa shape index (κ2) is 8.12. The van der Waals surface area contributed by atoms with Crippen LogP contribution in [0.1, 0.15) is 36.7 Å². The summed E-state index contributed by atoms with van der Waals surface area (Å²) in [4.78, 5) is 25.0. The highest BCUT2D eigenvalue weighted by molar-refractivity contribution is 9.10. The van der Waals surface area contributed by atoms with Crippen molar-refractivity contribution in [3.63, 3.8) is 0 Å². The normalized spacial score (nSPS) is 11.8. The monoisotopic (exact) mass is 400 g/mol. The number of rotatable bonds is 4. The second-order valence-electron chi connectivity index (χ2n) is 6.63. The SMILES string of the molecule is CC(C)(C)NC(=O)C(=Cc1ccc(Br)cc1)NC(=O)c1ccccc1. The van der Waals surface area contributed by atoms with Crippen molar-refractivity contribution in [3.8, 4) is 0 Å². The second-order valence-corrected chi connectivity index (χ2v) is 7.55. The first-order valence-corrected chi connectivity index (χ1v) is 8.70. The van der Waals surface area contributed by atoms with Gasteiger partial charge in [0, 0.05) is 15.6 Å². The van der Waals surface area contributed by atoms with Crippen LogP contribution in [-0.2, 0) is 4.79 Å². The van der Waals surface area contributed by atoms with Crippen molar-refractivity contribution in [2.45, 2.75) is 26.3 Å².